The number of imidazole rings is 1. The maximum atomic E-state index is 14.3. The van der Waals surface area contributed by atoms with Gasteiger partial charge in [-0.25, -0.2) is 4.98 Å². The smallest absolute Gasteiger partial charge is 0.245 e. The summed E-state index contributed by atoms with van der Waals surface area (Å²) in [6.45, 7) is 4.08. The van der Waals surface area contributed by atoms with Crippen molar-refractivity contribution in [2.75, 3.05) is 45.9 Å². The molecular formula is C56H90N20O12. The summed E-state index contributed by atoms with van der Waals surface area (Å²) in [6.07, 6.45) is 5.47. The van der Waals surface area contributed by atoms with Crippen molar-refractivity contribution in [2.24, 2.45) is 50.3 Å². The van der Waals surface area contributed by atoms with Crippen LogP contribution in [0.5, 0.6) is 0 Å². The molecule has 1 aromatic carbocycles. The number of benzene rings is 1. The van der Waals surface area contributed by atoms with E-state index in [0.29, 0.717) is 37.8 Å². The van der Waals surface area contributed by atoms with Crippen LogP contribution in [0.1, 0.15) is 109 Å². The van der Waals surface area contributed by atoms with Gasteiger partial charge in [-0.05, 0) is 95.1 Å². The van der Waals surface area contributed by atoms with E-state index in [4.69, 9.17) is 34.4 Å². The van der Waals surface area contributed by atoms with Gasteiger partial charge in [-0.15, -0.1) is 0 Å². The average molecular weight is 1240 g/mol. The lowest BCUT2D eigenvalue weighted by Gasteiger charge is -2.30. The minimum absolute atomic E-state index is 0.00475. The van der Waals surface area contributed by atoms with E-state index >= 15 is 0 Å². The highest BCUT2D eigenvalue weighted by Gasteiger charge is 2.40. The van der Waals surface area contributed by atoms with Gasteiger partial charge in [0.25, 0.3) is 0 Å². The molecule has 32 heteroatoms. The molecular weight excluding hydrogens is 1140 g/mol. The Hall–Kier alpha value is -8.94. The molecule has 0 saturated carbocycles. The monoisotopic (exact) mass is 1230 g/mol. The average Bonchev–Trinajstić information content (AvgIpc) is 3.81. The van der Waals surface area contributed by atoms with E-state index in [1.54, 1.807) is 44.2 Å². The topological polar surface area (TPSA) is 520 Å². The summed E-state index contributed by atoms with van der Waals surface area (Å²) in [5, 5.41) is 31.5. The summed E-state index contributed by atoms with van der Waals surface area (Å²) < 4.78 is 0. The van der Waals surface area contributed by atoms with E-state index in [0.717, 1.165) is 5.56 Å². The van der Waals surface area contributed by atoms with Crippen LogP contribution >= 0.6 is 0 Å². The Morgan fingerprint density at radius 2 is 1.15 bits per heavy atom. The Morgan fingerprint density at radius 3 is 1.72 bits per heavy atom. The summed E-state index contributed by atoms with van der Waals surface area (Å²) >= 11 is 0. The van der Waals surface area contributed by atoms with Gasteiger partial charge in [0.2, 0.25) is 65.0 Å². The second-order valence-electron chi connectivity index (χ2n) is 22.1. The fraction of sp³-hybridized carbons (Fsp3) is 0.607. The van der Waals surface area contributed by atoms with Crippen LogP contribution in [0, 0.1) is 5.92 Å². The van der Waals surface area contributed by atoms with E-state index in [1.165, 1.54) is 29.2 Å². The number of H-pyrrole nitrogens is 1. The number of nitrogens with zero attached hydrogens (tertiary/aromatic N) is 5. The molecule has 486 valence electrons. The molecule has 0 radical (unpaired) electrons. The zero-order chi connectivity index (χ0) is 64.9. The summed E-state index contributed by atoms with van der Waals surface area (Å²) in [5.74, 6) is -8.68. The Labute approximate surface area is 510 Å². The number of nitrogens with one attached hydrogen (secondary N) is 9. The summed E-state index contributed by atoms with van der Waals surface area (Å²) in [5.41, 5.74) is 34.4. The van der Waals surface area contributed by atoms with Gasteiger partial charge in [-0.2, -0.15) is 0 Å². The van der Waals surface area contributed by atoms with Gasteiger partial charge in [0, 0.05) is 57.8 Å². The second-order valence-corrected chi connectivity index (χ2v) is 22.1. The van der Waals surface area contributed by atoms with E-state index in [2.05, 4.69) is 62.5 Å². The lowest BCUT2D eigenvalue weighted by Crippen LogP contribution is -2.61. The fourth-order valence-electron chi connectivity index (χ4n) is 10.2. The molecule has 11 amide bonds. The quantitative estimate of drug-likeness (QED) is 0.0170. The van der Waals surface area contributed by atoms with Gasteiger partial charge < -0.3 is 96.8 Å². The second kappa shape index (κ2) is 36.9. The number of primary amides is 1. The zero-order valence-corrected chi connectivity index (χ0v) is 50.3. The lowest BCUT2D eigenvalue weighted by molar-refractivity contribution is -0.142. The first-order chi connectivity index (χ1) is 41.9. The summed E-state index contributed by atoms with van der Waals surface area (Å²) in [4.78, 5) is 168. The molecule has 0 unspecified atom stereocenters. The number of likely N-dealkylation sites (tertiary alicyclic amines) is 2. The molecule has 2 aromatic rings. The third-order valence-electron chi connectivity index (χ3n) is 14.6. The number of aromatic amines is 1. The first kappa shape index (κ1) is 71.5. The van der Waals surface area contributed by atoms with E-state index in [1.807, 2.05) is 0 Å². The number of aliphatic hydroxyl groups is 1. The van der Waals surface area contributed by atoms with Crippen molar-refractivity contribution in [1.82, 2.24) is 62.3 Å². The van der Waals surface area contributed by atoms with Gasteiger partial charge in [0.15, 0.2) is 11.9 Å². The van der Waals surface area contributed by atoms with Crippen molar-refractivity contribution < 1.29 is 57.8 Å². The number of aliphatic imine (C=N–C) groups is 2. The third-order valence-corrected chi connectivity index (χ3v) is 14.6. The van der Waals surface area contributed by atoms with Crippen molar-refractivity contribution in [3.05, 3.63) is 54.1 Å². The van der Waals surface area contributed by atoms with Crippen molar-refractivity contribution in [3.63, 3.8) is 0 Å². The Balaban J connectivity index is 1.48. The van der Waals surface area contributed by atoms with Crippen molar-refractivity contribution in [3.8, 4) is 0 Å². The zero-order valence-electron chi connectivity index (χ0n) is 50.3. The standard InChI is InChI=1S/C56H90N20O12/c1-32(2)25-40(72-48(82)37(16-9-21-64-55(59)60)70-53(87)44-19-12-24-76(44)54(88)38(68-33(3)78)17-10-22-65-56(61)62)49(83)74-42(30-77)51(85)73-41(27-35-28-63-31-67-35)50(84)69-36(15-7-8-20-57)47(81)66-29-45(79)75-23-11-18-43(75)52(86)71-39(46(58)80)26-34-13-5-4-6-14-34/h4-6,13-14,28,31-32,36-44,77H,7-12,15-27,29-30,57H2,1-3H3,(H2,58,80)(H,63,67)(H,66,81)(H,68,78)(H,69,84)(H,70,87)(H,71,86)(H,72,82)(H,73,85)(H,74,83)(H4,59,60,64)(H4,61,62,65)/t36-,37-,38-,39-,40-,41-,42-,43-,44-/m0/s1. The molecule has 4 rings (SSSR count). The highest BCUT2D eigenvalue weighted by atomic mass is 16.3. The molecule has 1 aromatic heterocycles. The summed E-state index contributed by atoms with van der Waals surface area (Å²) in [6, 6.07) is -2.31. The number of rotatable bonds is 37. The number of hydrogen-bond donors (Lipinski definition) is 16. The Kier molecular flexibility index (Phi) is 30.0. The van der Waals surface area contributed by atoms with Crippen LogP contribution in [0.15, 0.2) is 52.8 Å². The molecule has 3 heterocycles. The third kappa shape index (κ3) is 24.1. The van der Waals surface area contributed by atoms with E-state index in [-0.39, 0.29) is 108 Å². The van der Waals surface area contributed by atoms with Crippen LogP contribution in [0.25, 0.3) is 0 Å². The van der Waals surface area contributed by atoms with Gasteiger partial charge >= 0.3 is 0 Å². The van der Waals surface area contributed by atoms with Crippen LogP contribution in [-0.4, -0.2) is 202 Å². The number of aliphatic hydroxyl groups excluding tert-OH is 1. The van der Waals surface area contributed by atoms with Gasteiger partial charge in [-0.1, -0.05) is 44.2 Å². The number of aromatic nitrogens is 2. The van der Waals surface area contributed by atoms with Crippen LogP contribution in [-0.2, 0) is 65.6 Å². The molecule has 2 saturated heterocycles. The minimum Gasteiger partial charge on any atom is -0.394 e. The number of carbonyl (C=O) groups is 11. The number of hydrogen-bond acceptors (Lipinski definition) is 16. The van der Waals surface area contributed by atoms with Gasteiger partial charge in [0.1, 0.15) is 54.4 Å². The maximum Gasteiger partial charge on any atom is 0.245 e. The largest absolute Gasteiger partial charge is 0.394 e. The van der Waals surface area contributed by atoms with Crippen molar-refractivity contribution in [2.45, 2.75) is 165 Å². The minimum atomic E-state index is -1.72. The molecule has 0 bridgehead atoms. The van der Waals surface area contributed by atoms with Crippen LogP contribution in [0.3, 0.4) is 0 Å². The Bertz CT molecular complexity index is 2720. The molecule has 22 N–H and O–H groups in total. The van der Waals surface area contributed by atoms with Gasteiger partial charge in [0.05, 0.1) is 19.5 Å². The predicted octanol–water partition coefficient (Wildman–Crippen LogP) is -5.53. The molecule has 0 aliphatic carbocycles. The molecule has 2 fully saturated rings. The van der Waals surface area contributed by atoms with E-state index in [9.17, 15) is 57.8 Å². The first-order valence-corrected chi connectivity index (χ1v) is 29.6. The maximum absolute atomic E-state index is 14.3. The molecule has 9 atom stereocenters. The normalized spacial score (nSPS) is 16.9. The number of unbranched alkanes of at least 4 members (excludes halogenated alkanes) is 1. The highest BCUT2D eigenvalue weighted by Crippen LogP contribution is 2.22. The number of carbonyl (C=O) groups excluding carboxylic acids is 11. The highest BCUT2D eigenvalue weighted by molar-refractivity contribution is 5.99. The molecule has 88 heavy (non-hydrogen) atoms. The Morgan fingerprint density at radius 1 is 0.625 bits per heavy atom. The molecule has 32 nitrogen and oxygen atoms in total. The number of nitrogens with two attached hydrogens (primary N) is 6. The van der Waals surface area contributed by atoms with Crippen LogP contribution < -0.4 is 76.9 Å². The fourth-order valence-corrected chi connectivity index (χ4v) is 10.2. The van der Waals surface area contributed by atoms with E-state index < -0.39 is 133 Å². The molecule has 2 aliphatic rings. The predicted molar refractivity (Wildman–Crippen MR) is 323 cm³/mol. The van der Waals surface area contributed by atoms with Crippen LogP contribution in [0.2, 0.25) is 0 Å². The molecule has 2 aliphatic heterocycles. The number of amides is 11. The lowest BCUT2D eigenvalue weighted by atomic mass is 10.0. The number of guanidine groups is 2. The first-order valence-electron chi connectivity index (χ1n) is 29.6. The van der Waals surface area contributed by atoms with Crippen LogP contribution in [0.4, 0.5) is 0 Å². The summed E-state index contributed by atoms with van der Waals surface area (Å²) in [7, 11) is 0. The van der Waals surface area contributed by atoms with Crippen molar-refractivity contribution >= 4 is 76.9 Å². The van der Waals surface area contributed by atoms with Gasteiger partial charge in [-0.3, -0.25) is 62.7 Å². The van der Waals surface area contributed by atoms with Crippen molar-refractivity contribution in [1.29, 1.82) is 0 Å². The SMILES string of the molecule is CC(=O)N[C@@H](CCCN=C(N)N)C(=O)N1CCC[C@H]1C(=O)N[C@@H](CCCN=C(N)N)C(=O)N[C@@H](CC(C)C)C(=O)N[C@@H](CO)C(=O)N[C@@H](Cc1cnc[nH]1)C(=O)N[C@@H](CCCCN)C(=O)NCC(=O)N1CCC[C@H]1C(=O)N[C@@H](Cc1ccccc1)C(N)=O. The molecule has 0 spiro atoms.